The fourth-order valence-corrected chi connectivity index (χ4v) is 6.93. The normalized spacial score (nSPS) is 11.8. The summed E-state index contributed by atoms with van der Waals surface area (Å²) in [5.41, 5.74) is 3.00. The van der Waals surface area contributed by atoms with Crippen LogP contribution in [-0.4, -0.2) is 0 Å². The standard InChI is InChI=1S/C42H60/c1-3-5-7-9-11-13-15-17-19-21-23-35-25-29-39-37(33-35)27-31-42-40-30-26-36(34-38(40)28-32-41(39)42)24-22-20-18-16-14-12-10-8-6-4-2/h25-34H,3-24H2,1-2H3. The van der Waals surface area contributed by atoms with E-state index < -0.39 is 0 Å². The molecule has 0 unspecified atom stereocenters. The molecule has 0 saturated carbocycles. The van der Waals surface area contributed by atoms with Crippen molar-refractivity contribution in [1.82, 2.24) is 0 Å². The lowest BCUT2D eigenvalue weighted by atomic mass is 9.94. The SMILES string of the molecule is CCCCCCCCCCCCc1ccc2c(ccc3c4ccc(CCCCCCCCCCCC)cc4ccc23)c1. The van der Waals surface area contributed by atoms with Gasteiger partial charge in [-0.3, -0.25) is 0 Å². The highest BCUT2D eigenvalue weighted by molar-refractivity contribution is 6.17. The van der Waals surface area contributed by atoms with E-state index in [0.29, 0.717) is 0 Å². The summed E-state index contributed by atoms with van der Waals surface area (Å²) in [6.07, 6.45) is 30.5. The van der Waals surface area contributed by atoms with E-state index in [1.54, 1.807) is 0 Å². The summed E-state index contributed by atoms with van der Waals surface area (Å²) < 4.78 is 0. The van der Waals surface area contributed by atoms with Crippen molar-refractivity contribution >= 4 is 32.3 Å². The smallest absolute Gasteiger partial charge is 0.00990 e. The Hall–Kier alpha value is -2.34. The molecular weight excluding hydrogens is 504 g/mol. The Labute approximate surface area is 258 Å². The number of benzene rings is 4. The largest absolute Gasteiger partial charge is 0.0654 e. The van der Waals surface area contributed by atoms with Crippen molar-refractivity contribution in [2.24, 2.45) is 0 Å². The Balaban J connectivity index is 1.24. The maximum atomic E-state index is 2.45. The van der Waals surface area contributed by atoms with Crippen LogP contribution in [0.4, 0.5) is 0 Å². The van der Waals surface area contributed by atoms with Gasteiger partial charge >= 0.3 is 0 Å². The van der Waals surface area contributed by atoms with Crippen molar-refractivity contribution < 1.29 is 0 Å². The first-order valence-electron chi connectivity index (χ1n) is 18.2. The Morgan fingerprint density at radius 1 is 0.310 bits per heavy atom. The Kier molecular flexibility index (Phi) is 14.8. The second-order valence-electron chi connectivity index (χ2n) is 13.2. The van der Waals surface area contributed by atoms with Crippen molar-refractivity contribution in [1.29, 1.82) is 0 Å². The van der Waals surface area contributed by atoms with Gasteiger partial charge < -0.3 is 0 Å². The lowest BCUT2D eigenvalue weighted by Crippen LogP contribution is -1.89. The summed E-state index contributed by atoms with van der Waals surface area (Å²) in [4.78, 5) is 0. The van der Waals surface area contributed by atoms with Crippen LogP contribution in [0.5, 0.6) is 0 Å². The van der Waals surface area contributed by atoms with Gasteiger partial charge in [-0.1, -0.05) is 190 Å². The van der Waals surface area contributed by atoms with E-state index >= 15 is 0 Å². The van der Waals surface area contributed by atoms with Gasteiger partial charge in [0.2, 0.25) is 0 Å². The molecule has 228 valence electrons. The molecule has 4 rings (SSSR count). The molecule has 0 amide bonds. The molecule has 0 bridgehead atoms. The molecule has 0 N–H and O–H groups in total. The average Bonchev–Trinajstić information content (AvgIpc) is 3.02. The Morgan fingerprint density at radius 3 is 0.976 bits per heavy atom. The predicted molar refractivity (Wildman–Crippen MR) is 190 cm³/mol. The van der Waals surface area contributed by atoms with Crippen LogP contribution >= 0.6 is 0 Å². The van der Waals surface area contributed by atoms with Crippen LogP contribution in [0.25, 0.3) is 32.3 Å². The van der Waals surface area contributed by atoms with Crippen LogP contribution in [0.1, 0.15) is 153 Å². The molecule has 0 aliphatic rings. The minimum Gasteiger partial charge on any atom is -0.0654 e. The van der Waals surface area contributed by atoms with Crippen LogP contribution in [0.2, 0.25) is 0 Å². The molecule has 0 saturated heterocycles. The molecule has 4 aromatic rings. The summed E-state index contributed by atoms with van der Waals surface area (Å²) in [5.74, 6) is 0. The van der Waals surface area contributed by atoms with Crippen molar-refractivity contribution in [3.63, 3.8) is 0 Å². The molecule has 0 radical (unpaired) electrons. The fraction of sp³-hybridized carbons (Fsp3) is 0.571. The maximum absolute atomic E-state index is 2.45. The monoisotopic (exact) mass is 564 g/mol. The van der Waals surface area contributed by atoms with Gasteiger partial charge in [0.1, 0.15) is 0 Å². The zero-order valence-electron chi connectivity index (χ0n) is 27.3. The second-order valence-corrected chi connectivity index (χ2v) is 13.2. The molecule has 0 aromatic heterocycles. The molecule has 0 fully saturated rings. The van der Waals surface area contributed by atoms with Crippen LogP contribution < -0.4 is 0 Å². The molecule has 0 aliphatic heterocycles. The zero-order valence-corrected chi connectivity index (χ0v) is 27.3. The maximum Gasteiger partial charge on any atom is -0.00990 e. The van der Waals surface area contributed by atoms with Gasteiger partial charge in [0, 0.05) is 0 Å². The highest BCUT2D eigenvalue weighted by Gasteiger charge is 2.07. The van der Waals surface area contributed by atoms with Crippen molar-refractivity contribution in [3.05, 3.63) is 71.8 Å². The third-order valence-corrected chi connectivity index (χ3v) is 9.60. The van der Waals surface area contributed by atoms with Gasteiger partial charge in [0.25, 0.3) is 0 Å². The lowest BCUT2D eigenvalue weighted by Gasteiger charge is -2.11. The summed E-state index contributed by atoms with van der Waals surface area (Å²) in [6.45, 7) is 4.60. The van der Waals surface area contributed by atoms with E-state index in [1.807, 2.05) is 0 Å². The fourth-order valence-electron chi connectivity index (χ4n) is 6.93. The van der Waals surface area contributed by atoms with E-state index in [1.165, 1.54) is 185 Å². The molecule has 0 spiro atoms. The minimum atomic E-state index is 1.21. The van der Waals surface area contributed by atoms with Gasteiger partial charge in [0.15, 0.2) is 0 Å². The Morgan fingerprint density at radius 2 is 0.619 bits per heavy atom. The first-order chi connectivity index (χ1) is 20.8. The van der Waals surface area contributed by atoms with E-state index in [2.05, 4.69) is 74.5 Å². The average molecular weight is 565 g/mol. The van der Waals surface area contributed by atoms with Gasteiger partial charge in [-0.15, -0.1) is 0 Å². The van der Waals surface area contributed by atoms with Crippen LogP contribution in [-0.2, 0) is 12.8 Å². The third-order valence-electron chi connectivity index (χ3n) is 9.60. The molecule has 42 heavy (non-hydrogen) atoms. The number of aryl methyl sites for hydroxylation is 2. The molecule has 4 aromatic carbocycles. The Bertz CT molecular complexity index is 1210. The molecular formula is C42H60. The van der Waals surface area contributed by atoms with E-state index in [-0.39, 0.29) is 0 Å². The third kappa shape index (κ3) is 10.4. The minimum absolute atomic E-state index is 1.21. The van der Waals surface area contributed by atoms with Crippen molar-refractivity contribution in [2.75, 3.05) is 0 Å². The van der Waals surface area contributed by atoms with E-state index in [0.717, 1.165) is 0 Å². The van der Waals surface area contributed by atoms with Gasteiger partial charge in [-0.25, -0.2) is 0 Å². The summed E-state index contributed by atoms with van der Waals surface area (Å²) in [5, 5.41) is 8.38. The number of hydrogen-bond donors (Lipinski definition) is 0. The molecule has 0 nitrogen and oxygen atoms in total. The number of rotatable bonds is 22. The van der Waals surface area contributed by atoms with Crippen LogP contribution in [0, 0.1) is 0 Å². The molecule has 0 heterocycles. The predicted octanol–water partition coefficient (Wildman–Crippen LogP) is 14.1. The quantitative estimate of drug-likeness (QED) is 0.0657. The number of fused-ring (bicyclic) bond motifs is 5. The van der Waals surface area contributed by atoms with E-state index in [4.69, 9.17) is 0 Å². The lowest BCUT2D eigenvalue weighted by molar-refractivity contribution is 0.556. The van der Waals surface area contributed by atoms with Gasteiger partial charge in [-0.2, -0.15) is 0 Å². The van der Waals surface area contributed by atoms with E-state index in [9.17, 15) is 0 Å². The van der Waals surface area contributed by atoms with Gasteiger partial charge in [-0.05, 0) is 69.1 Å². The first kappa shape index (κ1) is 32.6. The topological polar surface area (TPSA) is 0 Å². The first-order valence-corrected chi connectivity index (χ1v) is 18.2. The number of hydrogen-bond acceptors (Lipinski definition) is 0. The molecule has 0 aliphatic carbocycles. The zero-order chi connectivity index (χ0) is 29.2. The summed E-state index contributed by atoms with van der Waals surface area (Å²) >= 11 is 0. The number of unbranched alkanes of at least 4 members (excludes halogenated alkanes) is 18. The van der Waals surface area contributed by atoms with Crippen molar-refractivity contribution in [2.45, 2.75) is 155 Å². The summed E-state index contributed by atoms with van der Waals surface area (Å²) in [6, 6.07) is 23.9. The molecule has 0 atom stereocenters. The second kappa shape index (κ2) is 19.0. The summed E-state index contributed by atoms with van der Waals surface area (Å²) in [7, 11) is 0. The molecule has 0 heteroatoms. The van der Waals surface area contributed by atoms with Gasteiger partial charge in [0.05, 0.1) is 0 Å². The van der Waals surface area contributed by atoms with Crippen molar-refractivity contribution in [3.8, 4) is 0 Å². The van der Waals surface area contributed by atoms with Crippen LogP contribution in [0.3, 0.4) is 0 Å². The van der Waals surface area contributed by atoms with Crippen LogP contribution in [0.15, 0.2) is 60.7 Å². The highest BCUT2D eigenvalue weighted by Crippen LogP contribution is 2.32. The highest BCUT2D eigenvalue weighted by atomic mass is 14.1.